The average molecular weight is 114 g/mol. The SMILES string of the molecule is NC(=O)C1CC[N]N1. The lowest BCUT2D eigenvalue weighted by atomic mass is 10.2. The molecule has 4 heteroatoms. The Morgan fingerprint density at radius 3 is 2.88 bits per heavy atom. The molecule has 0 bridgehead atoms. The second kappa shape index (κ2) is 2.11. The van der Waals surface area contributed by atoms with Crippen LogP contribution in [0.5, 0.6) is 0 Å². The molecule has 4 nitrogen and oxygen atoms in total. The fourth-order valence-corrected chi connectivity index (χ4v) is 0.639. The third kappa shape index (κ3) is 0.962. The van der Waals surface area contributed by atoms with E-state index in [0.29, 0.717) is 6.54 Å². The van der Waals surface area contributed by atoms with E-state index in [0.717, 1.165) is 6.42 Å². The summed E-state index contributed by atoms with van der Waals surface area (Å²) in [6, 6.07) is -0.213. The smallest absolute Gasteiger partial charge is 0.236 e. The molecule has 1 rings (SSSR count). The van der Waals surface area contributed by atoms with Gasteiger partial charge in [-0.2, -0.15) is 5.43 Å². The minimum Gasteiger partial charge on any atom is -0.368 e. The highest BCUT2D eigenvalue weighted by atomic mass is 16.1. The van der Waals surface area contributed by atoms with Crippen LogP contribution in [0.2, 0.25) is 0 Å². The van der Waals surface area contributed by atoms with Crippen molar-refractivity contribution < 1.29 is 4.79 Å². The minimum absolute atomic E-state index is 0.213. The van der Waals surface area contributed by atoms with E-state index in [1.54, 1.807) is 0 Å². The van der Waals surface area contributed by atoms with E-state index >= 15 is 0 Å². The Hall–Kier alpha value is -0.610. The van der Waals surface area contributed by atoms with Crippen LogP contribution in [0.15, 0.2) is 0 Å². The number of hydrogen-bond acceptors (Lipinski definition) is 2. The van der Waals surface area contributed by atoms with Gasteiger partial charge >= 0.3 is 0 Å². The molecular formula is C4H8N3O. The molecule has 1 amide bonds. The monoisotopic (exact) mass is 114 g/mol. The molecule has 1 saturated heterocycles. The molecule has 1 aliphatic rings. The molecule has 3 N–H and O–H groups in total. The Kier molecular flexibility index (Phi) is 1.45. The van der Waals surface area contributed by atoms with E-state index in [1.165, 1.54) is 0 Å². The largest absolute Gasteiger partial charge is 0.368 e. The lowest BCUT2D eigenvalue weighted by Gasteiger charge is -1.99. The molecule has 0 aromatic rings. The summed E-state index contributed by atoms with van der Waals surface area (Å²) >= 11 is 0. The summed E-state index contributed by atoms with van der Waals surface area (Å²) in [5.41, 5.74) is 11.3. The van der Waals surface area contributed by atoms with Crippen LogP contribution in [0.3, 0.4) is 0 Å². The van der Waals surface area contributed by atoms with Crippen molar-refractivity contribution in [3.05, 3.63) is 0 Å². The first-order valence-corrected chi connectivity index (χ1v) is 2.52. The Balaban J connectivity index is 2.35. The van der Waals surface area contributed by atoms with Gasteiger partial charge in [0, 0.05) is 6.54 Å². The highest BCUT2D eigenvalue weighted by Gasteiger charge is 2.19. The Labute approximate surface area is 47.4 Å². The van der Waals surface area contributed by atoms with Crippen molar-refractivity contribution in [2.24, 2.45) is 5.73 Å². The van der Waals surface area contributed by atoms with Crippen LogP contribution in [0.25, 0.3) is 0 Å². The maximum absolute atomic E-state index is 10.3. The van der Waals surface area contributed by atoms with E-state index in [4.69, 9.17) is 5.73 Å². The van der Waals surface area contributed by atoms with Crippen LogP contribution in [0.1, 0.15) is 6.42 Å². The van der Waals surface area contributed by atoms with Crippen LogP contribution >= 0.6 is 0 Å². The predicted molar refractivity (Wildman–Crippen MR) is 27.7 cm³/mol. The molecule has 1 unspecified atom stereocenters. The molecule has 1 fully saturated rings. The Morgan fingerprint density at radius 2 is 2.62 bits per heavy atom. The van der Waals surface area contributed by atoms with Crippen molar-refractivity contribution in [2.45, 2.75) is 12.5 Å². The van der Waals surface area contributed by atoms with Gasteiger partial charge in [0.25, 0.3) is 0 Å². The molecule has 8 heavy (non-hydrogen) atoms. The first-order chi connectivity index (χ1) is 3.80. The summed E-state index contributed by atoms with van der Waals surface area (Å²) < 4.78 is 0. The lowest BCUT2D eigenvalue weighted by molar-refractivity contribution is -0.119. The van der Waals surface area contributed by atoms with Crippen LogP contribution < -0.4 is 16.6 Å². The standard InChI is InChI=1S/C4H8N3O/c5-4(8)3-1-2-6-7-3/h3,7H,1-2H2,(H2,5,8). The highest BCUT2D eigenvalue weighted by Crippen LogP contribution is 1.93. The second-order valence-electron chi connectivity index (χ2n) is 1.75. The number of carbonyl (C=O) groups is 1. The number of nitrogens with one attached hydrogen (secondary N) is 1. The highest BCUT2D eigenvalue weighted by molar-refractivity contribution is 5.79. The van der Waals surface area contributed by atoms with Crippen molar-refractivity contribution in [1.29, 1.82) is 0 Å². The normalized spacial score (nSPS) is 28.2. The lowest BCUT2D eigenvalue weighted by Crippen LogP contribution is -2.37. The number of rotatable bonds is 1. The van der Waals surface area contributed by atoms with Gasteiger partial charge in [-0.05, 0) is 6.42 Å². The van der Waals surface area contributed by atoms with Gasteiger partial charge in [-0.1, -0.05) is 0 Å². The quantitative estimate of drug-likeness (QED) is 0.429. The topological polar surface area (TPSA) is 69.2 Å². The van der Waals surface area contributed by atoms with Gasteiger partial charge in [-0.3, -0.25) is 4.79 Å². The van der Waals surface area contributed by atoms with E-state index in [9.17, 15) is 4.79 Å². The summed E-state index contributed by atoms with van der Waals surface area (Å²) in [5, 5.41) is 0. The van der Waals surface area contributed by atoms with Gasteiger partial charge in [0.15, 0.2) is 0 Å². The number of nitrogens with zero attached hydrogens (tertiary/aromatic N) is 1. The first-order valence-electron chi connectivity index (χ1n) is 2.52. The van der Waals surface area contributed by atoms with Crippen LogP contribution in [-0.2, 0) is 4.79 Å². The molecule has 0 spiro atoms. The number of hydrogen-bond donors (Lipinski definition) is 2. The van der Waals surface area contributed by atoms with Crippen molar-refractivity contribution >= 4 is 5.91 Å². The number of primary amides is 1. The van der Waals surface area contributed by atoms with Gasteiger partial charge in [0.1, 0.15) is 6.04 Å². The zero-order chi connectivity index (χ0) is 5.98. The maximum Gasteiger partial charge on any atom is 0.236 e. The Bertz CT molecular complexity index is 97.5. The molecule has 0 aliphatic carbocycles. The average Bonchev–Trinajstić information content (AvgIpc) is 2.12. The summed E-state index contributed by atoms with van der Waals surface area (Å²) in [7, 11) is 0. The second-order valence-corrected chi connectivity index (χ2v) is 1.75. The van der Waals surface area contributed by atoms with E-state index in [-0.39, 0.29) is 11.9 Å². The van der Waals surface area contributed by atoms with Gasteiger partial charge in [0.2, 0.25) is 5.91 Å². The molecule has 0 aromatic heterocycles. The summed E-state index contributed by atoms with van der Waals surface area (Å²) in [5.74, 6) is -0.314. The van der Waals surface area contributed by atoms with E-state index in [1.807, 2.05) is 0 Å². The first kappa shape index (κ1) is 5.53. The third-order valence-corrected chi connectivity index (χ3v) is 1.12. The number of carbonyl (C=O) groups excluding carboxylic acids is 1. The van der Waals surface area contributed by atoms with Crippen molar-refractivity contribution in [2.75, 3.05) is 6.54 Å². The molecule has 0 aromatic carbocycles. The molecule has 0 saturated carbocycles. The minimum atomic E-state index is -0.314. The van der Waals surface area contributed by atoms with Crippen LogP contribution in [-0.4, -0.2) is 18.5 Å². The summed E-state index contributed by atoms with van der Waals surface area (Å²) in [4.78, 5) is 10.3. The zero-order valence-corrected chi connectivity index (χ0v) is 4.42. The molecule has 1 heterocycles. The molecule has 1 radical (unpaired) electrons. The fourth-order valence-electron chi connectivity index (χ4n) is 0.639. The summed E-state index contributed by atoms with van der Waals surface area (Å²) in [6.45, 7) is 0.702. The zero-order valence-electron chi connectivity index (χ0n) is 4.42. The fraction of sp³-hybridized carbons (Fsp3) is 0.750. The van der Waals surface area contributed by atoms with E-state index in [2.05, 4.69) is 10.9 Å². The number of nitrogens with two attached hydrogens (primary N) is 1. The van der Waals surface area contributed by atoms with Crippen molar-refractivity contribution in [3.63, 3.8) is 0 Å². The van der Waals surface area contributed by atoms with Crippen molar-refractivity contribution in [3.8, 4) is 0 Å². The Morgan fingerprint density at radius 1 is 1.88 bits per heavy atom. The molecule has 1 aliphatic heterocycles. The van der Waals surface area contributed by atoms with Crippen molar-refractivity contribution in [1.82, 2.24) is 10.9 Å². The summed E-state index contributed by atoms with van der Waals surface area (Å²) in [6.07, 6.45) is 0.745. The van der Waals surface area contributed by atoms with Gasteiger partial charge in [-0.25, -0.2) is 5.43 Å². The molecular weight excluding hydrogens is 106 g/mol. The van der Waals surface area contributed by atoms with Crippen LogP contribution in [0, 0.1) is 0 Å². The van der Waals surface area contributed by atoms with Gasteiger partial charge < -0.3 is 5.73 Å². The predicted octanol–water partition coefficient (Wildman–Crippen LogP) is -1.65. The molecule has 1 atom stereocenters. The maximum atomic E-state index is 10.3. The third-order valence-electron chi connectivity index (χ3n) is 1.12. The van der Waals surface area contributed by atoms with Crippen LogP contribution in [0.4, 0.5) is 0 Å². The van der Waals surface area contributed by atoms with E-state index < -0.39 is 0 Å². The van der Waals surface area contributed by atoms with Gasteiger partial charge in [-0.15, -0.1) is 0 Å². The van der Waals surface area contributed by atoms with Gasteiger partial charge in [0.05, 0.1) is 0 Å². The number of amides is 1. The molecule has 45 valence electrons.